The molecule has 0 radical (unpaired) electrons. The van der Waals surface area contributed by atoms with Gasteiger partial charge in [-0.05, 0) is 18.2 Å². The summed E-state index contributed by atoms with van der Waals surface area (Å²) >= 11 is 0. The lowest BCUT2D eigenvalue weighted by molar-refractivity contribution is -0.385. The largest absolute Gasteiger partial charge is 0.477 e. The van der Waals surface area contributed by atoms with Crippen LogP contribution in [-0.4, -0.2) is 24.0 Å². The van der Waals surface area contributed by atoms with Crippen molar-refractivity contribution in [2.45, 2.75) is 0 Å². The number of nitrogens with zero attached hydrogens (tertiary/aromatic N) is 3. The van der Waals surface area contributed by atoms with Gasteiger partial charge in [0.2, 0.25) is 5.75 Å². The molecule has 1 amide bonds. The van der Waals surface area contributed by atoms with Gasteiger partial charge in [0.1, 0.15) is 12.4 Å². The summed E-state index contributed by atoms with van der Waals surface area (Å²) in [5.74, 6) is -1.65. The number of nitriles is 1. The normalized spacial score (nSPS) is 9.83. The van der Waals surface area contributed by atoms with E-state index in [1.54, 1.807) is 30.3 Å². The van der Waals surface area contributed by atoms with E-state index in [9.17, 15) is 19.3 Å². The number of benzene rings is 2. The molecule has 7 nitrogen and oxygen atoms in total. The molecule has 0 aromatic heterocycles. The van der Waals surface area contributed by atoms with Crippen molar-refractivity contribution in [3.05, 3.63) is 64.5 Å². The van der Waals surface area contributed by atoms with Crippen LogP contribution < -0.4 is 9.64 Å². The maximum atomic E-state index is 13.2. The lowest BCUT2D eigenvalue weighted by Crippen LogP contribution is -2.35. The van der Waals surface area contributed by atoms with Crippen LogP contribution >= 0.6 is 0 Å². The Bertz CT molecular complexity index is 790. The number of anilines is 1. The van der Waals surface area contributed by atoms with E-state index in [1.165, 1.54) is 4.90 Å². The fourth-order valence-corrected chi connectivity index (χ4v) is 1.97. The van der Waals surface area contributed by atoms with Gasteiger partial charge >= 0.3 is 5.69 Å². The molecule has 122 valence electrons. The van der Waals surface area contributed by atoms with Crippen molar-refractivity contribution >= 4 is 17.3 Å². The first-order valence-electron chi connectivity index (χ1n) is 6.82. The number of carbonyl (C=O) groups excluding carboxylic acids is 1. The Hall–Kier alpha value is -3.47. The van der Waals surface area contributed by atoms with Gasteiger partial charge in [-0.25, -0.2) is 4.39 Å². The molecule has 0 fully saturated rings. The molecule has 2 aromatic rings. The second-order valence-electron chi connectivity index (χ2n) is 4.63. The first kappa shape index (κ1) is 16.9. The van der Waals surface area contributed by atoms with Crippen LogP contribution in [0.25, 0.3) is 0 Å². The van der Waals surface area contributed by atoms with Crippen LogP contribution in [0, 0.1) is 27.3 Å². The third-order valence-electron chi connectivity index (χ3n) is 3.07. The minimum absolute atomic E-state index is 0.211. The van der Waals surface area contributed by atoms with Crippen LogP contribution in [0.2, 0.25) is 0 Å². The van der Waals surface area contributed by atoms with Crippen molar-refractivity contribution in [1.82, 2.24) is 0 Å². The summed E-state index contributed by atoms with van der Waals surface area (Å²) in [5, 5.41) is 19.8. The van der Waals surface area contributed by atoms with Gasteiger partial charge in [-0.3, -0.25) is 19.8 Å². The average molecular weight is 329 g/mol. The number of amides is 1. The monoisotopic (exact) mass is 329 g/mol. The number of halogens is 1. The summed E-state index contributed by atoms with van der Waals surface area (Å²) in [5.41, 5.74) is 0.0390. The minimum Gasteiger partial charge on any atom is -0.477 e. The molecule has 0 N–H and O–H groups in total. The Morgan fingerprint density at radius 3 is 2.62 bits per heavy atom. The third kappa shape index (κ3) is 4.04. The molecule has 0 aliphatic carbocycles. The molecule has 0 aliphatic heterocycles. The summed E-state index contributed by atoms with van der Waals surface area (Å²) in [6.45, 7) is -0.779. The van der Waals surface area contributed by atoms with Crippen LogP contribution in [0.1, 0.15) is 0 Å². The van der Waals surface area contributed by atoms with Gasteiger partial charge in [-0.15, -0.1) is 0 Å². The maximum absolute atomic E-state index is 13.2. The Morgan fingerprint density at radius 1 is 1.29 bits per heavy atom. The summed E-state index contributed by atoms with van der Waals surface area (Å²) < 4.78 is 18.3. The zero-order chi connectivity index (χ0) is 17.5. The Morgan fingerprint density at radius 2 is 2.00 bits per heavy atom. The van der Waals surface area contributed by atoms with E-state index in [1.807, 2.05) is 6.07 Å². The van der Waals surface area contributed by atoms with E-state index in [2.05, 4.69) is 0 Å². The Kier molecular flexibility index (Phi) is 5.41. The second-order valence-corrected chi connectivity index (χ2v) is 4.63. The number of nitro groups is 1. The number of nitro benzene ring substituents is 1. The van der Waals surface area contributed by atoms with Crippen LogP contribution in [0.5, 0.6) is 5.75 Å². The predicted octanol–water partition coefficient (Wildman–Crippen LogP) is 2.67. The fourth-order valence-electron chi connectivity index (χ4n) is 1.97. The lowest BCUT2D eigenvalue weighted by atomic mass is 10.2. The first-order chi connectivity index (χ1) is 11.5. The van der Waals surface area contributed by atoms with E-state index in [0.29, 0.717) is 5.69 Å². The fraction of sp³-hybridized carbons (Fsp3) is 0.125. The lowest BCUT2D eigenvalue weighted by Gasteiger charge is -2.19. The molecule has 0 heterocycles. The van der Waals surface area contributed by atoms with Crippen LogP contribution in [0.15, 0.2) is 48.5 Å². The van der Waals surface area contributed by atoms with Crippen molar-refractivity contribution in [2.75, 3.05) is 18.1 Å². The quantitative estimate of drug-likeness (QED) is 0.461. The second kappa shape index (κ2) is 7.69. The molecule has 8 heteroatoms. The number of ether oxygens (including phenoxy) is 1. The van der Waals surface area contributed by atoms with Gasteiger partial charge in [0.15, 0.2) is 6.61 Å². The number of rotatable bonds is 6. The molecule has 0 saturated heterocycles. The molecule has 24 heavy (non-hydrogen) atoms. The molecular weight excluding hydrogens is 317 g/mol. The molecule has 2 aromatic carbocycles. The highest BCUT2D eigenvalue weighted by Gasteiger charge is 2.20. The molecule has 0 unspecified atom stereocenters. The highest BCUT2D eigenvalue weighted by Crippen LogP contribution is 2.27. The molecule has 0 atom stereocenters. The van der Waals surface area contributed by atoms with Crippen molar-refractivity contribution in [1.29, 1.82) is 5.26 Å². The number of carbonyl (C=O) groups is 1. The van der Waals surface area contributed by atoms with Gasteiger partial charge in [-0.2, -0.15) is 5.26 Å². The van der Waals surface area contributed by atoms with Crippen molar-refractivity contribution in [2.24, 2.45) is 0 Å². The summed E-state index contributed by atoms with van der Waals surface area (Å²) in [4.78, 5) is 23.6. The molecular formula is C16H12FN3O4. The van der Waals surface area contributed by atoms with E-state index < -0.39 is 28.9 Å². The molecule has 2 rings (SSSR count). The van der Waals surface area contributed by atoms with E-state index in [-0.39, 0.29) is 12.3 Å². The first-order valence-corrected chi connectivity index (χ1v) is 6.82. The van der Waals surface area contributed by atoms with Crippen LogP contribution in [0.4, 0.5) is 15.8 Å². The number of para-hydroxylation sites is 1. The van der Waals surface area contributed by atoms with Gasteiger partial charge in [0.05, 0.1) is 11.0 Å². The van der Waals surface area contributed by atoms with Crippen molar-refractivity contribution < 1.29 is 18.8 Å². The van der Waals surface area contributed by atoms with Gasteiger partial charge in [-0.1, -0.05) is 18.2 Å². The highest BCUT2D eigenvalue weighted by molar-refractivity contribution is 5.94. The summed E-state index contributed by atoms with van der Waals surface area (Å²) in [7, 11) is 0. The molecule has 0 bridgehead atoms. The smallest absolute Gasteiger partial charge is 0.311 e. The van der Waals surface area contributed by atoms with Crippen molar-refractivity contribution in [3.8, 4) is 11.8 Å². The average Bonchev–Trinajstić information content (AvgIpc) is 2.58. The van der Waals surface area contributed by atoms with Gasteiger partial charge in [0.25, 0.3) is 5.91 Å². The summed E-state index contributed by atoms with van der Waals surface area (Å²) in [6, 6.07) is 13.0. The third-order valence-corrected chi connectivity index (χ3v) is 3.07. The van der Waals surface area contributed by atoms with E-state index >= 15 is 0 Å². The number of hydrogen-bond donors (Lipinski definition) is 0. The molecule has 0 saturated carbocycles. The van der Waals surface area contributed by atoms with Gasteiger partial charge in [0, 0.05) is 17.8 Å². The maximum Gasteiger partial charge on any atom is 0.311 e. The molecule has 0 aliphatic rings. The van der Waals surface area contributed by atoms with E-state index in [4.69, 9.17) is 10.00 Å². The standard InChI is InChI=1S/C16H12FN3O4/c17-12-6-7-14(20(22)23)15(10-12)24-11-16(21)19(9-8-18)13-4-2-1-3-5-13/h1-7,10H,9,11H2. The Balaban J connectivity index is 2.16. The zero-order valence-corrected chi connectivity index (χ0v) is 12.4. The Labute approximate surface area is 136 Å². The van der Waals surface area contributed by atoms with Crippen LogP contribution in [-0.2, 0) is 4.79 Å². The van der Waals surface area contributed by atoms with Crippen molar-refractivity contribution in [3.63, 3.8) is 0 Å². The summed E-state index contributed by atoms with van der Waals surface area (Å²) in [6.07, 6.45) is 0. The SMILES string of the molecule is N#CCN(C(=O)COc1cc(F)ccc1[N+](=O)[O-])c1ccccc1. The van der Waals surface area contributed by atoms with Gasteiger partial charge < -0.3 is 4.74 Å². The van der Waals surface area contributed by atoms with Crippen LogP contribution in [0.3, 0.4) is 0 Å². The predicted molar refractivity (Wildman–Crippen MR) is 83.0 cm³/mol. The zero-order valence-electron chi connectivity index (χ0n) is 12.4. The van der Waals surface area contributed by atoms with E-state index in [0.717, 1.165) is 18.2 Å². The number of hydrogen-bond acceptors (Lipinski definition) is 5. The molecule has 0 spiro atoms. The topological polar surface area (TPSA) is 96.5 Å². The minimum atomic E-state index is -0.733. The highest BCUT2D eigenvalue weighted by atomic mass is 19.1.